The number of amides is 1. The number of aromatic nitrogens is 2. The van der Waals surface area contributed by atoms with E-state index in [1.165, 1.54) is 88.5 Å². The van der Waals surface area contributed by atoms with Crippen LogP contribution in [0.3, 0.4) is 0 Å². The number of aromatic amines is 1. The second-order valence-corrected chi connectivity index (χ2v) is 11.2. The van der Waals surface area contributed by atoms with Gasteiger partial charge < -0.3 is 14.7 Å². The SMILES string of the molecule is CC1CCCCCCCCCCCCC(n2/c(=N/C(=O)c3ccc(F)cc3)[nH]c3ccc(CO)cc32)CC1. The second-order valence-electron chi connectivity index (χ2n) is 11.2. The highest BCUT2D eigenvalue weighted by Crippen LogP contribution is 2.29. The van der Waals surface area contributed by atoms with Crippen LogP contribution in [0.1, 0.15) is 119 Å². The van der Waals surface area contributed by atoms with Gasteiger partial charge in [0.2, 0.25) is 5.62 Å². The maximum atomic E-state index is 13.4. The van der Waals surface area contributed by atoms with Gasteiger partial charge in [0, 0.05) is 11.6 Å². The smallest absolute Gasteiger partial charge is 0.280 e. The second kappa shape index (κ2) is 14.4. The van der Waals surface area contributed by atoms with Crippen molar-refractivity contribution in [3.8, 4) is 0 Å². The molecule has 1 aliphatic rings. The van der Waals surface area contributed by atoms with Gasteiger partial charge in [-0.15, -0.1) is 0 Å². The summed E-state index contributed by atoms with van der Waals surface area (Å²) in [5.41, 5.74) is 3.58. The Kier molecular flexibility index (Phi) is 10.7. The first-order chi connectivity index (χ1) is 18.5. The van der Waals surface area contributed by atoms with E-state index in [0.29, 0.717) is 17.1 Å². The number of nitrogens with one attached hydrogen (secondary N) is 1. The normalized spacial score (nSPS) is 21.5. The van der Waals surface area contributed by atoms with Crippen molar-refractivity contribution in [1.29, 1.82) is 0 Å². The molecule has 0 spiro atoms. The summed E-state index contributed by atoms with van der Waals surface area (Å²) in [4.78, 5) is 21.0. The summed E-state index contributed by atoms with van der Waals surface area (Å²) in [5.74, 6) is -0.112. The molecule has 2 N–H and O–H groups in total. The molecule has 38 heavy (non-hydrogen) atoms. The number of carbonyl (C=O) groups is 1. The third kappa shape index (κ3) is 7.89. The van der Waals surface area contributed by atoms with Crippen molar-refractivity contribution in [3.05, 3.63) is 65.0 Å². The number of hydrogen-bond acceptors (Lipinski definition) is 2. The van der Waals surface area contributed by atoms with Gasteiger partial charge in [0.05, 0.1) is 17.6 Å². The number of hydrogen-bond donors (Lipinski definition) is 2. The highest BCUT2D eigenvalue weighted by Gasteiger charge is 2.19. The summed E-state index contributed by atoms with van der Waals surface area (Å²) in [6.07, 6.45) is 17.5. The zero-order chi connectivity index (χ0) is 26.7. The lowest BCUT2D eigenvalue weighted by Gasteiger charge is -2.22. The molecule has 0 aliphatic heterocycles. The van der Waals surface area contributed by atoms with E-state index in [1.807, 2.05) is 18.2 Å². The molecule has 0 saturated heterocycles. The van der Waals surface area contributed by atoms with Crippen molar-refractivity contribution < 1.29 is 14.3 Å². The Morgan fingerprint density at radius 3 is 2.18 bits per heavy atom. The molecule has 1 saturated carbocycles. The number of rotatable bonds is 3. The fourth-order valence-corrected chi connectivity index (χ4v) is 5.79. The Labute approximate surface area is 226 Å². The minimum absolute atomic E-state index is 0.0379. The zero-order valence-corrected chi connectivity index (χ0v) is 22.9. The largest absolute Gasteiger partial charge is 0.392 e. The highest BCUT2D eigenvalue weighted by atomic mass is 19.1. The fourth-order valence-electron chi connectivity index (χ4n) is 5.79. The molecule has 1 amide bonds. The van der Waals surface area contributed by atoms with Crippen LogP contribution in [-0.4, -0.2) is 20.6 Å². The van der Waals surface area contributed by atoms with Gasteiger partial charge in [0.1, 0.15) is 5.82 Å². The van der Waals surface area contributed by atoms with Gasteiger partial charge in [-0.1, -0.05) is 83.6 Å². The predicted octanol–water partition coefficient (Wildman–Crippen LogP) is 7.99. The first kappa shape index (κ1) is 28.3. The van der Waals surface area contributed by atoms with Crippen LogP contribution in [0.2, 0.25) is 0 Å². The molecule has 4 rings (SSSR count). The van der Waals surface area contributed by atoms with Gasteiger partial charge >= 0.3 is 0 Å². The molecular weight excluding hydrogens is 477 g/mol. The number of aliphatic hydroxyl groups is 1. The monoisotopic (exact) mass is 521 g/mol. The molecule has 5 nitrogen and oxygen atoms in total. The van der Waals surface area contributed by atoms with Crippen LogP contribution in [-0.2, 0) is 6.61 Å². The number of halogens is 1. The predicted molar refractivity (Wildman–Crippen MR) is 151 cm³/mol. The summed E-state index contributed by atoms with van der Waals surface area (Å²) in [5, 5.41) is 9.83. The number of H-pyrrole nitrogens is 1. The molecule has 3 aromatic rings. The van der Waals surface area contributed by atoms with E-state index < -0.39 is 5.91 Å². The van der Waals surface area contributed by atoms with E-state index in [4.69, 9.17) is 0 Å². The maximum absolute atomic E-state index is 13.4. The molecule has 1 aliphatic carbocycles. The average Bonchev–Trinajstić information content (AvgIpc) is 3.27. The van der Waals surface area contributed by atoms with Crippen molar-refractivity contribution in [1.82, 2.24) is 9.55 Å². The number of imidazole rings is 1. The molecule has 1 fully saturated rings. The molecule has 6 heteroatoms. The number of benzene rings is 2. The van der Waals surface area contributed by atoms with Crippen LogP contribution in [0.5, 0.6) is 0 Å². The van der Waals surface area contributed by atoms with Gasteiger partial charge in [0.15, 0.2) is 0 Å². The van der Waals surface area contributed by atoms with Crippen molar-refractivity contribution in [2.24, 2.45) is 10.9 Å². The quantitative estimate of drug-likeness (QED) is 0.367. The Morgan fingerprint density at radius 2 is 1.53 bits per heavy atom. The first-order valence-electron chi connectivity index (χ1n) is 14.7. The van der Waals surface area contributed by atoms with E-state index >= 15 is 0 Å². The van der Waals surface area contributed by atoms with E-state index in [9.17, 15) is 14.3 Å². The van der Waals surface area contributed by atoms with E-state index in [0.717, 1.165) is 42.3 Å². The van der Waals surface area contributed by atoms with Crippen LogP contribution in [0.15, 0.2) is 47.5 Å². The van der Waals surface area contributed by atoms with Crippen LogP contribution in [0.25, 0.3) is 11.0 Å². The molecule has 2 unspecified atom stereocenters. The van der Waals surface area contributed by atoms with E-state index in [-0.39, 0.29) is 18.5 Å². The van der Waals surface area contributed by atoms with Gasteiger partial charge in [-0.2, -0.15) is 4.99 Å². The summed E-state index contributed by atoms with van der Waals surface area (Å²) in [6, 6.07) is 11.6. The molecule has 0 radical (unpaired) electrons. The Balaban J connectivity index is 1.69. The molecule has 2 atom stereocenters. The molecule has 1 aromatic heterocycles. The topological polar surface area (TPSA) is 70.4 Å². The van der Waals surface area contributed by atoms with Crippen LogP contribution < -0.4 is 5.62 Å². The minimum Gasteiger partial charge on any atom is -0.392 e. The highest BCUT2D eigenvalue weighted by molar-refractivity contribution is 5.94. The zero-order valence-electron chi connectivity index (χ0n) is 22.9. The fraction of sp³-hybridized carbons (Fsp3) is 0.562. The standard InChI is InChI=1S/C32H44FN3O2/c1-24-12-10-8-6-4-2-3-5-7-9-11-13-28(20-14-24)36-30-22-25(23-37)15-21-29(30)34-32(36)35-31(38)26-16-18-27(33)19-17-26/h15-19,21-22,24,28,37H,2-14,20,23H2,1H3,(H,34,35,38). The maximum Gasteiger partial charge on any atom is 0.280 e. The summed E-state index contributed by atoms with van der Waals surface area (Å²) in [6.45, 7) is 2.33. The molecule has 206 valence electrons. The molecule has 0 bridgehead atoms. The van der Waals surface area contributed by atoms with Gasteiger partial charge in [-0.05, 0) is 67.1 Å². The van der Waals surface area contributed by atoms with Crippen molar-refractivity contribution in [2.45, 2.75) is 109 Å². The lowest BCUT2D eigenvalue weighted by molar-refractivity contribution is 0.0996. The lowest BCUT2D eigenvalue weighted by atomic mass is 9.93. The van der Waals surface area contributed by atoms with Gasteiger partial charge in [-0.25, -0.2) is 4.39 Å². The van der Waals surface area contributed by atoms with Crippen LogP contribution in [0, 0.1) is 11.7 Å². The third-order valence-corrected chi connectivity index (χ3v) is 8.12. The van der Waals surface area contributed by atoms with Crippen LogP contribution in [0.4, 0.5) is 4.39 Å². The number of aliphatic hydroxyl groups excluding tert-OH is 1. The van der Waals surface area contributed by atoms with Gasteiger partial charge in [-0.3, -0.25) is 4.79 Å². The summed E-state index contributed by atoms with van der Waals surface area (Å²) in [7, 11) is 0. The van der Waals surface area contributed by atoms with Crippen molar-refractivity contribution in [3.63, 3.8) is 0 Å². The van der Waals surface area contributed by atoms with E-state index in [1.54, 1.807) is 0 Å². The van der Waals surface area contributed by atoms with Crippen LogP contribution >= 0.6 is 0 Å². The Hall–Kier alpha value is -2.73. The van der Waals surface area contributed by atoms with Crippen molar-refractivity contribution >= 4 is 16.9 Å². The summed E-state index contributed by atoms with van der Waals surface area (Å²) >= 11 is 0. The number of nitrogens with zero attached hydrogens (tertiary/aromatic N) is 2. The summed E-state index contributed by atoms with van der Waals surface area (Å²) < 4.78 is 15.6. The molecule has 1 heterocycles. The third-order valence-electron chi connectivity index (χ3n) is 8.12. The van der Waals surface area contributed by atoms with E-state index in [2.05, 4.69) is 21.5 Å². The Morgan fingerprint density at radius 1 is 0.895 bits per heavy atom. The average molecular weight is 522 g/mol. The number of carbonyl (C=O) groups excluding carboxylic acids is 1. The first-order valence-corrected chi connectivity index (χ1v) is 14.7. The van der Waals surface area contributed by atoms with Gasteiger partial charge in [0.25, 0.3) is 5.91 Å². The number of fused-ring (bicyclic) bond motifs is 1. The Bertz CT molecular complexity index is 1230. The molecule has 2 aromatic carbocycles. The van der Waals surface area contributed by atoms with Crippen molar-refractivity contribution in [2.75, 3.05) is 0 Å². The minimum atomic E-state index is -0.394. The molecular formula is C32H44FN3O2. The lowest BCUT2D eigenvalue weighted by Crippen LogP contribution is -2.26.